The number of ether oxygens (including phenoxy) is 1. The molecular formula is C21H21Cl2N3O2. The lowest BCUT2D eigenvalue weighted by molar-refractivity contribution is -0.134. The maximum Gasteiger partial charge on any atom is 0.263 e. The maximum absolute atomic E-state index is 12.6. The second kappa shape index (κ2) is 6.98. The Kier molecular flexibility index (Phi) is 4.76. The number of H-pyrrole nitrogens is 1. The van der Waals surface area contributed by atoms with Crippen LogP contribution in [0.25, 0.3) is 11.0 Å². The molecule has 0 spiro atoms. The first kappa shape index (κ1) is 19.1. The third kappa shape index (κ3) is 3.96. The monoisotopic (exact) mass is 417 g/mol. The fourth-order valence-corrected chi connectivity index (χ4v) is 3.71. The van der Waals surface area contributed by atoms with Crippen molar-refractivity contribution in [2.24, 2.45) is 0 Å². The van der Waals surface area contributed by atoms with Gasteiger partial charge >= 0.3 is 0 Å². The molecule has 7 heteroatoms. The number of aromatic amines is 1. The van der Waals surface area contributed by atoms with Gasteiger partial charge in [0, 0.05) is 5.92 Å². The van der Waals surface area contributed by atoms with E-state index in [2.05, 4.69) is 15.3 Å². The summed E-state index contributed by atoms with van der Waals surface area (Å²) in [5.41, 5.74) is 1.85. The van der Waals surface area contributed by atoms with Crippen LogP contribution in [0.2, 0.25) is 0 Å². The summed E-state index contributed by atoms with van der Waals surface area (Å²) < 4.78 is 5.25. The summed E-state index contributed by atoms with van der Waals surface area (Å²) in [7, 11) is 0. The third-order valence-corrected chi connectivity index (χ3v) is 5.72. The van der Waals surface area contributed by atoms with Crippen LogP contribution in [-0.4, -0.2) is 25.8 Å². The van der Waals surface area contributed by atoms with E-state index in [1.807, 2.05) is 48.5 Å². The van der Waals surface area contributed by atoms with Crippen molar-refractivity contribution in [3.05, 3.63) is 59.9 Å². The van der Waals surface area contributed by atoms with E-state index in [-0.39, 0.29) is 11.8 Å². The van der Waals surface area contributed by atoms with Crippen LogP contribution in [0, 0.1) is 0 Å². The maximum atomic E-state index is 12.6. The van der Waals surface area contributed by atoms with Gasteiger partial charge in [-0.2, -0.15) is 0 Å². The molecule has 0 bridgehead atoms. The van der Waals surface area contributed by atoms with E-state index in [0.717, 1.165) is 23.0 Å². The van der Waals surface area contributed by atoms with Gasteiger partial charge in [0.1, 0.15) is 15.9 Å². The number of para-hydroxylation sites is 2. The first-order valence-corrected chi connectivity index (χ1v) is 9.89. The molecule has 0 aliphatic heterocycles. The highest BCUT2D eigenvalue weighted by molar-refractivity contribution is 6.51. The lowest BCUT2D eigenvalue weighted by atomic mass is 10.1. The molecule has 1 fully saturated rings. The molecule has 2 aromatic carbocycles. The van der Waals surface area contributed by atoms with E-state index >= 15 is 0 Å². The van der Waals surface area contributed by atoms with Crippen LogP contribution in [0.3, 0.4) is 0 Å². The van der Waals surface area contributed by atoms with Gasteiger partial charge < -0.3 is 15.0 Å². The molecule has 5 nitrogen and oxygen atoms in total. The van der Waals surface area contributed by atoms with Crippen molar-refractivity contribution in [1.29, 1.82) is 0 Å². The molecule has 28 heavy (non-hydrogen) atoms. The third-order valence-electron chi connectivity index (χ3n) is 4.88. The summed E-state index contributed by atoms with van der Waals surface area (Å²) in [5.74, 6) is 1.25. The van der Waals surface area contributed by atoms with E-state index in [4.69, 9.17) is 27.9 Å². The number of benzene rings is 2. The molecule has 1 aromatic heterocycles. The van der Waals surface area contributed by atoms with Crippen LogP contribution >= 0.6 is 23.2 Å². The Bertz CT molecular complexity index is 979. The number of aromatic nitrogens is 2. The summed E-state index contributed by atoms with van der Waals surface area (Å²) in [6.07, 6.45) is 0.756. The van der Waals surface area contributed by atoms with Crippen molar-refractivity contribution in [3.8, 4) is 5.75 Å². The molecule has 1 aliphatic rings. The fourth-order valence-electron chi connectivity index (χ4n) is 3.15. The number of carbonyl (C=O) groups excluding carboxylic acids is 1. The molecule has 1 heterocycles. The van der Waals surface area contributed by atoms with Gasteiger partial charge in [-0.15, -0.1) is 23.2 Å². The average Bonchev–Trinajstić information content (AvgIpc) is 3.11. The number of nitrogens with one attached hydrogen (secondary N) is 2. The highest BCUT2D eigenvalue weighted by Gasteiger charge is 2.52. The Morgan fingerprint density at radius 3 is 2.57 bits per heavy atom. The molecule has 1 saturated carbocycles. The Balaban J connectivity index is 1.36. The molecule has 1 amide bonds. The highest BCUT2D eigenvalue weighted by atomic mass is 35.5. The molecule has 1 aliphatic carbocycles. The van der Waals surface area contributed by atoms with Gasteiger partial charge in [0.05, 0.1) is 17.6 Å². The van der Waals surface area contributed by atoms with Gasteiger partial charge in [-0.25, -0.2) is 4.98 Å². The van der Waals surface area contributed by atoms with Gasteiger partial charge in [0.15, 0.2) is 5.60 Å². The summed E-state index contributed by atoms with van der Waals surface area (Å²) in [5, 5.41) is 2.88. The summed E-state index contributed by atoms with van der Waals surface area (Å²) in [4.78, 5) is 20.3. The minimum atomic E-state index is -1.03. The number of rotatable bonds is 6. The van der Waals surface area contributed by atoms with E-state index in [1.165, 1.54) is 0 Å². The summed E-state index contributed by atoms with van der Waals surface area (Å²) in [6, 6.07) is 15.3. The van der Waals surface area contributed by atoms with Crippen molar-refractivity contribution in [2.75, 3.05) is 0 Å². The number of hydrogen-bond donors (Lipinski definition) is 2. The van der Waals surface area contributed by atoms with Crippen LogP contribution in [0.15, 0.2) is 48.5 Å². The number of imidazole rings is 1. The second-order valence-electron chi connectivity index (χ2n) is 7.58. The standard InChI is InChI=1S/C21H21Cl2N3O2/c1-20(2,28-14-9-7-13(8-10-14)15-11-21(15,22)23)19(27)24-12-18-25-16-5-3-4-6-17(16)26-18/h3-10,15H,11-12H2,1-2H3,(H,24,27)(H,25,26). The molecule has 1 atom stereocenters. The van der Waals surface area contributed by atoms with Gasteiger partial charge in [0.2, 0.25) is 0 Å². The van der Waals surface area contributed by atoms with Gasteiger partial charge in [0.25, 0.3) is 5.91 Å². The van der Waals surface area contributed by atoms with Crippen LogP contribution in [0.4, 0.5) is 0 Å². The largest absolute Gasteiger partial charge is 0.478 e. The number of fused-ring (bicyclic) bond motifs is 1. The topological polar surface area (TPSA) is 67.0 Å². The zero-order valence-corrected chi connectivity index (χ0v) is 17.1. The van der Waals surface area contributed by atoms with E-state index in [1.54, 1.807) is 13.8 Å². The van der Waals surface area contributed by atoms with E-state index < -0.39 is 9.93 Å². The number of halogens is 2. The highest BCUT2D eigenvalue weighted by Crippen LogP contribution is 2.59. The average molecular weight is 418 g/mol. The minimum Gasteiger partial charge on any atom is -0.478 e. The van der Waals surface area contributed by atoms with Crippen LogP contribution in [0.1, 0.15) is 37.6 Å². The second-order valence-corrected chi connectivity index (χ2v) is 9.12. The lowest BCUT2D eigenvalue weighted by Crippen LogP contribution is -2.46. The van der Waals surface area contributed by atoms with Crippen molar-refractivity contribution < 1.29 is 9.53 Å². The van der Waals surface area contributed by atoms with Crippen LogP contribution in [0.5, 0.6) is 5.75 Å². The van der Waals surface area contributed by atoms with E-state index in [0.29, 0.717) is 18.1 Å². The van der Waals surface area contributed by atoms with Crippen LogP contribution < -0.4 is 10.1 Å². The fraction of sp³-hybridized carbons (Fsp3) is 0.333. The smallest absolute Gasteiger partial charge is 0.263 e. The minimum absolute atomic E-state index is 0.157. The molecule has 1 unspecified atom stereocenters. The van der Waals surface area contributed by atoms with Gasteiger partial charge in [-0.1, -0.05) is 24.3 Å². The Labute approximate surface area is 173 Å². The molecule has 146 valence electrons. The van der Waals surface area contributed by atoms with Crippen LogP contribution in [-0.2, 0) is 11.3 Å². The number of amides is 1. The van der Waals surface area contributed by atoms with Gasteiger partial charge in [-0.3, -0.25) is 4.79 Å². The zero-order chi connectivity index (χ0) is 19.9. The van der Waals surface area contributed by atoms with Crippen molar-refractivity contribution >= 4 is 40.1 Å². The normalized spacial score (nSPS) is 18.1. The van der Waals surface area contributed by atoms with E-state index in [9.17, 15) is 4.79 Å². The predicted octanol–water partition coefficient (Wildman–Crippen LogP) is 4.70. The van der Waals surface area contributed by atoms with Crippen molar-refractivity contribution in [2.45, 2.75) is 42.7 Å². The Morgan fingerprint density at radius 1 is 1.25 bits per heavy atom. The SMILES string of the molecule is CC(C)(Oc1ccc(C2CC2(Cl)Cl)cc1)C(=O)NCc1nc2ccccc2[nH]1. The Morgan fingerprint density at radius 2 is 1.93 bits per heavy atom. The van der Waals surface area contributed by atoms with Gasteiger partial charge in [-0.05, 0) is 50.1 Å². The zero-order valence-electron chi connectivity index (χ0n) is 15.6. The molecule has 3 aromatic rings. The summed E-state index contributed by atoms with van der Waals surface area (Å²) >= 11 is 12.2. The number of alkyl halides is 2. The Hall–Kier alpha value is -2.24. The molecular weight excluding hydrogens is 397 g/mol. The lowest BCUT2D eigenvalue weighted by Gasteiger charge is -2.25. The molecule has 0 radical (unpaired) electrons. The molecule has 0 saturated heterocycles. The number of nitrogens with zero attached hydrogens (tertiary/aromatic N) is 1. The molecule has 4 rings (SSSR count). The number of carbonyl (C=O) groups is 1. The first-order chi connectivity index (χ1) is 13.2. The first-order valence-electron chi connectivity index (χ1n) is 9.13. The molecule has 2 N–H and O–H groups in total. The summed E-state index contributed by atoms with van der Waals surface area (Å²) in [6.45, 7) is 3.77. The predicted molar refractivity (Wildman–Crippen MR) is 111 cm³/mol. The van der Waals surface area contributed by atoms with Crippen molar-refractivity contribution in [3.63, 3.8) is 0 Å². The van der Waals surface area contributed by atoms with Crippen molar-refractivity contribution in [1.82, 2.24) is 15.3 Å². The number of hydrogen-bond acceptors (Lipinski definition) is 3. The quantitative estimate of drug-likeness (QED) is 0.571.